The number of anilines is 1. The molecule has 0 saturated heterocycles. The van der Waals surface area contributed by atoms with Crippen LogP contribution in [-0.2, 0) is 0 Å². The van der Waals surface area contributed by atoms with Crippen molar-refractivity contribution in [3.8, 4) is 0 Å². The molecule has 0 amide bonds. The van der Waals surface area contributed by atoms with E-state index in [0.717, 1.165) is 15.9 Å². The van der Waals surface area contributed by atoms with Gasteiger partial charge in [-0.3, -0.25) is 10.2 Å². The van der Waals surface area contributed by atoms with Crippen LogP contribution < -0.4 is 4.90 Å². The molecule has 0 aliphatic carbocycles. The lowest BCUT2D eigenvalue weighted by molar-refractivity contribution is 0.101. The fraction of sp³-hybridized carbons (Fsp3) is 0.105. The van der Waals surface area contributed by atoms with E-state index in [1.807, 2.05) is 24.3 Å². The summed E-state index contributed by atoms with van der Waals surface area (Å²) in [6.07, 6.45) is 0. The fourth-order valence-electron chi connectivity index (χ4n) is 2.88. The number of carbonyl (C=O) groups excluding carboxylic acids is 1. The molecule has 0 unspecified atom stereocenters. The Morgan fingerprint density at radius 3 is 2.60 bits per heavy atom. The smallest absolute Gasteiger partial charge is 0.159 e. The number of aliphatic hydroxyl groups excluding tert-OH is 1. The molecule has 2 N–H and O–H groups in total. The van der Waals surface area contributed by atoms with Crippen molar-refractivity contribution in [3.05, 3.63) is 64.9 Å². The molecule has 0 fully saturated rings. The second-order valence-corrected chi connectivity index (χ2v) is 6.88. The molecular weight excluding hydrogens is 334 g/mol. The third-order valence-electron chi connectivity index (χ3n) is 4.20. The summed E-state index contributed by atoms with van der Waals surface area (Å²) < 4.78 is 1.02. The van der Waals surface area contributed by atoms with Gasteiger partial charge in [-0.25, -0.2) is 4.98 Å². The number of aromatic nitrogens is 1. The van der Waals surface area contributed by atoms with Crippen molar-refractivity contribution in [2.75, 3.05) is 11.4 Å². The van der Waals surface area contributed by atoms with Crippen LogP contribution in [0.5, 0.6) is 0 Å². The van der Waals surface area contributed by atoms with E-state index in [-0.39, 0.29) is 23.9 Å². The topological polar surface area (TPSA) is 77.3 Å². The summed E-state index contributed by atoms with van der Waals surface area (Å²) in [7, 11) is 0. The van der Waals surface area contributed by atoms with Crippen molar-refractivity contribution in [1.29, 1.82) is 5.41 Å². The van der Waals surface area contributed by atoms with E-state index in [0.29, 0.717) is 16.1 Å². The molecule has 1 aliphatic heterocycles. The molecule has 1 aliphatic rings. The van der Waals surface area contributed by atoms with Gasteiger partial charge < -0.3 is 10.0 Å². The molecule has 3 aromatic rings. The van der Waals surface area contributed by atoms with Crippen LogP contribution >= 0.6 is 11.3 Å². The highest BCUT2D eigenvalue weighted by Crippen LogP contribution is 2.35. The van der Waals surface area contributed by atoms with Gasteiger partial charge in [-0.2, -0.15) is 0 Å². The first-order valence-corrected chi connectivity index (χ1v) is 8.62. The van der Waals surface area contributed by atoms with E-state index in [4.69, 9.17) is 5.41 Å². The van der Waals surface area contributed by atoms with Gasteiger partial charge in [-0.05, 0) is 43.3 Å². The minimum absolute atomic E-state index is 0.000754. The number of hydrogen-bond donors (Lipinski definition) is 2. The predicted octanol–water partition coefficient (Wildman–Crippen LogP) is 4.27. The Bertz CT molecular complexity index is 1000. The first-order valence-electron chi connectivity index (χ1n) is 7.80. The van der Waals surface area contributed by atoms with E-state index < -0.39 is 0 Å². The van der Waals surface area contributed by atoms with Crippen LogP contribution in [0.3, 0.4) is 0 Å². The van der Waals surface area contributed by atoms with E-state index in [2.05, 4.69) is 4.98 Å². The molecule has 25 heavy (non-hydrogen) atoms. The molecule has 2 heterocycles. The zero-order valence-corrected chi connectivity index (χ0v) is 14.3. The molecule has 1 aromatic heterocycles. The quantitative estimate of drug-likeness (QED) is 0.693. The van der Waals surface area contributed by atoms with E-state index in [1.54, 1.807) is 29.2 Å². The number of Topliss-reactive ketones (excluding diaryl/α,β-unsaturated/α-hetero) is 1. The highest BCUT2D eigenvalue weighted by atomic mass is 32.1. The monoisotopic (exact) mass is 349 g/mol. The normalized spacial score (nSPS) is 14.6. The number of amidine groups is 1. The SMILES string of the molecule is CC(=O)c1ccc(N2CC(O)=C(c3nc4ccccc4s3)C2=N)cc1. The van der Waals surface area contributed by atoms with Gasteiger partial charge in [0.1, 0.15) is 16.6 Å². The van der Waals surface area contributed by atoms with Crippen LogP contribution in [0, 0.1) is 5.41 Å². The summed E-state index contributed by atoms with van der Waals surface area (Å²) in [5.74, 6) is 0.353. The molecule has 0 radical (unpaired) electrons. The van der Waals surface area contributed by atoms with Crippen LogP contribution in [0.1, 0.15) is 22.3 Å². The number of rotatable bonds is 3. The van der Waals surface area contributed by atoms with Gasteiger partial charge in [-0.15, -0.1) is 11.3 Å². The lowest BCUT2D eigenvalue weighted by Gasteiger charge is -2.18. The summed E-state index contributed by atoms with van der Waals surface area (Å²) >= 11 is 1.46. The van der Waals surface area contributed by atoms with Gasteiger partial charge in [0.25, 0.3) is 0 Å². The van der Waals surface area contributed by atoms with Crippen molar-refractivity contribution in [2.45, 2.75) is 6.92 Å². The standard InChI is InChI=1S/C19H15N3O2S/c1-11(23)12-6-8-13(9-7-12)22-10-15(24)17(18(22)20)19-21-14-4-2-3-5-16(14)25-19/h2-9,20,24H,10H2,1H3. The van der Waals surface area contributed by atoms with Gasteiger partial charge in [0, 0.05) is 11.3 Å². The molecule has 0 bridgehead atoms. The summed E-state index contributed by atoms with van der Waals surface area (Å²) in [5, 5.41) is 19.6. The van der Waals surface area contributed by atoms with Crippen molar-refractivity contribution < 1.29 is 9.90 Å². The molecule has 4 rings (SSSR count). The Morgan fingerprint density at radius 1 is 1.20 bits per heavy atom. The predicted molar refractivity (Wildman–Crippen MR) is 101 cm³/mol. The zero-order chi connectivity index (χ0) is 17.6. The Morgan fingerprint density at radius 2 is 1.92 bits per heavy atom. The van der Waals surface area contributed by atoms with Crippen molar-refractivity contribution in [1.82, 2.24) is 4.98 Å². The Hall–Kier alpha value is -2.99. The van der Waals surface area contributed by atoms with Gasteiger partial charge in [-0.1, -0.05) is 12.1 Å². The molecule has 124 valence electrons. The maximum atomic E-state index is 11.4. The largest absolute Gasteiger partial charge is 0.510 e. The number of nitrogens with one attached hydrogen (secondary N) is 1. The minimum atomic E-state index is -0.000754. The molecule has 2 aromatic carbocycles. The third kappa shape index (κ3) is 2.60. The van der Waals surface area contributed by atoms with Crippen LogP contribution in [0.4, 0.5) is 5.69 Å². The van der Waals surface area contributed by atoms with Crippen molar-refractivity contribution in [2.24, 2.45) is 0 Å². The molecule has 5 nitrogen and oxygen atoms in total. The second-order valence-electron chi connectivity index (χ2n) is 5.85. The molecular formula is C19H15N3O2S. The third-order valence-corrected chi connectivity index (χ3v) is 5.25. The summed E-state index contributed by atoms with van der Waals surface area (Å²) in [5.41, 5.74) is 2.72. The molecule has 0 atom stereocenters. The van der Waals surface area contributed by atoms with E-state index in [1.165, 1.54) is 18.3 Å². The Labute approximate surface area is 148 Å². The summed E-state index contributed by atoms with van der Waals surface area (Å²) in [6, 6.07) is 14.8. The van der Waals surface area contributed by atoms with Gasteiger partial charge >= 0.3 is 0 Å². The molecule has 0 spiro atoms. The Kier molecular flexibility index (Phi) is 3.62. The molecule has 0 saturated carbocycles. The van der Waals surface area contributed by atoms with Crippen molar-refractivity contribution in [3.63, 3.8) is 0 Å². The number of carbonyl (C=O) groups is 1. The minimum Gasteiger partial charge on any atom is -0.510 e. The highest BCUT2D eigenvalue weighted by molar-refractivity contribution is 7.19. The van der Waals surface area contributed by atoms with Crippen LogP contribution in [0.25, 0.3) is 15.8 Å². The maximum absolute atomic E-state index is 11.4. The van der Waals surface area contributed by atoms with Gasteiger partial charge in [0.05, 0.1) is 22.3 Å². The highest BCUT2D eigenvalue weighted by Gasteiger charge is 2.31. The Balaban J connectivity index is 1.68. The number of ketones is 1. The average Bonchev–Trinajstić information content (AvgIpc) is 3.15. The van der Waals surface area contributed by atoms with Crippen LogP contribution in [0.2, 0.25) is 0 Å². The summed E-state index contributed by atoms with van der Waals surface area (Å²) in [4.78, 5) is 17.7. The van der Waals surface area contributed by atoms with E-state index in [9.17, 15) is 9.90 Å². The number of hydrogen-bond acceptors (Lipinski definition) is 5. The number of thiazole rings is 1. The van der Waals surface area contributed by atoms with Crippen LogP contribution in [-0.4, -0.2) is 28.3 Å². The lowest BCUT2D eigenvalue weighted by Crippen LogP contribution is -2.26. The number of benzene rings is 2. The fourth-order valence-corrected chi connectivity index (χ4v) is 3.91. The van der Waals surface area contributed by atoms with E-state index >= 15 is 0 Å². The number of aliphatic hydroxyl groups is 1. The summed E-state index contributed by atoms with van der Waals surface area (Å²) in [6.45, 7) is 1.75. The van der Waals surface area contributed by atoms with Gasteiger partial charge in [0.2, 0.25) is 0 Å². The zero-order valence-electron chi connectivity index (χ0n) is 13.5. The van der Waals surface area contributed by atoms with Crippen molar-refractivity contribution >= 4 is 44.4 Å². The first kappa shape index (κ1) is 15.5. The number of fused-ring (bicyclic) bond motifs is 1. The van der Waals surface area contributed by atoms with Crippen LogP contribution in [0.15, 0.2) is 54.3 Å². The molecule has 6 heteroatoms. The lowest BCUT2D eigenvalue weighted by atomic mass is 10.1. The average molecular weight is 349 g/mol. The number of nitrogens with zero attached hydrogens (tertiary/aromatic N) is 2. The maximum Gasteiger partial charge on any atom is 0.159 e. The second kappa shape index (κ2) is 5.82. The van der Waals surface area contributed by atoms with Gasteiger partial charge in [0.15, 0.2) is 5.78 Å². The first-order chi connectivity index (χ1) is 12.0. The number of para-hydroxylation sites is 1.